The summed E-state index contributed by atoms with van der Waals surface area (Å²) in [6.45, 7) is 0.930. The van der Waals surface area contributed by atoms with Gasteiger partial charge in [0.15, 0.2) is 6.29 Å². The van der Waals surface area contributed by atoms with Crippen molar-refractivity contribution < 1.29 is 33.9 Å². The van der Waals surface area contributed by atoms with Crippen molar-refractivity contribution in [2.24, 2.45) is 0 Å². The fourth-order valence-corrected chi connectivity index (χ4v) is 3.96. The molecule has 4 rings (SSSR count). The van der Waals surface area contributed by atoms with E-state index in [1.165, 1.54) is 0 Å². The van der Waals surface area contributed by atoms with Crippen LogP contribution >= 0.6 is 0 Å². The lowest BCUT2D eigenvalue weighted by Crippen LogP contribution is -2.60. The number of hydrogen-bond donors (Lipinski definition) is 2. The van der Waals surface area contributed by atoms with Gasteiger partial charge >= 0.3 is 0 Å². The summed E-state index contributed by atoms with van der Waals surface area (Å²) in [6.07, 6.45) is -4.79. The predicted molar refractivity (Wildman–Crippen MR) is 130 cm³/mol. The molecule has 1 saturated heterocycles. The highest BCUT2D eigenvalue weighted by Gasteiger charge is 2.46. The highest BCUT2D eigenvalue weighted by molar-refractivity contribution is 5.26. The molecule has 3 aromatic rings. The van der Waals surface area contributed by atoms with Crippen molar-refractivity contribution in [3.05, 3.63) is 102 Å². The van der Waals surface area contributed by atoms with Crippen molar-refractivity contribution in [2.45, 2.75) is 50.5 Å². The predicted octanol–water partition coefficient (Wildman–Crippen LogP) is 3.46. The van der Waals surface area contributed by atoms with Crippen LogP contribution in [-0.4, -0.2) is 54.6 Å². The molecule has 0 spiro atoms. The van der Waals surface area contributed by atoms with E-state index in [-0.39, 0.29) is 19.8 Å². The molecule has 0 aliphatic carbocycles. The van der Waals surface area contributed by atoms with Crippen LogP contribution in [0.15, 0.2) is 84.9 Å². The van der Waals surface area contributed by atoms with Gasteiger partial charge in [-0.25, -0.2) is 0 Å². The van der Waals surface area contributed by atoms with Crippen LogP contribution in [0.5, 0.6) is 5.75 Å². The number of ether oxygens (including phenoxy) is 5. The first-order valence-corrected chi connectivity index (χ1v) is 11.7. The summed E-state index contributed by atoms with van der Waals surface area (Å²) < 4.78 is 28.8. The molecule has 1 aliphatic heterocycles. The number of methoxy groups -OCH3 is 1. The zero-order valence-electron chi connectivity index (χ0n) is 19.7. The number of aliphatic hydroxyl groups excluding tert-OH is 2. The van der Waals surface area contributed by atoms with Crippen LogP contribution in [0, 0.1) is 0 Å². The SMILES string of the molecule is COc1ccc(COC[C@H]2O[C@H](O)[C@H](OCc3ccccc3)[C@@H](OCc3ccccc3)[C@@H]2O)cc1. The van der Waals surface area contributed by atoms with E-state index in [1.807, 2.05) is 84.9 Å². The van der Waals surface area contributed by atoms with E-state index in [9.17, 15) is 10.2 Å². The molecule has 0 aromatic heterocycles. The van der Waals surface area contributed by atoms with Crippen LogP contribution in [0.1, 0.15) is 16.7 Å². The summed E-state index contributed by atoms with van der Waals surface area (Å²) in [7, 11) is 1.62. The van der Waals surface area contributed by atoms with Gasteiger partial charge in [0.05, 0.1) is 33.5 Å². The van der Waals surface area contributed by atoms with Crippen LogP contribution in [0.3, 0.4) is 0 Å². The minimum absolute atomic E-state index is 0.0842. The van der Waals surface area contributed by atoms with Gasteiger partial charge in [0.25, 0.3) is 0 Å². The minimum Gasteiger partial charge on any atom is -0.497 e. The summed E-state index contributed by atoms with van der Waals surface area (Å²) in [5.74, 6) is 0.767. The van der Waals surface area contributed by atoms with Crippen molar-refractivity contribution >= 4 is 0 Å². The van der Waals surface area contributed by atoms with Crippen molar-refractivity contribution in [1.82, 2.24) is 0 Å². The second kappa shape index (κ2) is 12.8. The Labute approximate surface area is 205 Å². The lowest BCUT2D eigenvalue weighted by molar-refractivity contribution is -0.309. The number of rotatable bonds is 11. The average Bonchev–Trinajstić information content (AvgIpc) is 2.90. The van der Waals surface area contributed by atoms with Crippen molar-refractivity contribution in [3.63, 3.8) is 0 Å². The van der Waals surface area contributed by atoms with Crippen LogP contribution in [0.2, 0.25) is 0 Å². The summed E-state index contributed by atoms with van der Waals surface area (Å²) in [4.78, 5) is 0. The molecule has 2 N–H and O–H groups in total. The van der Waals surface area contributed by atoms with E-state index in [4.69, 9.17) is 23.7 Å². The third-order valence-electron chi connectivity index (χ3n) is 5.92. The Morgan fingerprint density at radius 3 is 1.80 bits per heavy atom. The fourth-order valence-electron chi connectivity index (χ4n) is 3.96. The Bertz CT molecular complexity index is 997. The third-order valence-corrected chi connectivity index (χ3v) is 5.92. The molecule has 3 aromatic carbocycles. The second-order valence-electron chi connectivity index (χ2n) is 8.44. The molecule has 35 heavy (non-hydrogen) atoms. The molecule has 7 heteroatoms. The summed E-state index contributed by atoms with van der Waals surface area (Å²) in [5, 5.41) is 21.9. The van der Waals surface area contributed by atoms with Gasteiger partial charge < -0.3 is 33.9 Å². The quantitative estimate of drug-likeness (QED) is 0.435. The van der Waals surface area contributed by atoms with E-state index in [0.717, 1.165) is 22.4 Å². The molecule has 186 valence electrons. The first kappa shape index (κ1) is 25.3. The van der Waals surface area contributed by atoms with Gasteiger partial charge in [0.1, 0.15) is 30.2 Å². The lowest BCUT2D eigenvalue weighted by atomic mass is 9.98. The molecular formula is C28H32O7. The van der Waals surface area contributed by atoms with E-state index in [1.54, 1.807) is 7.11 Å². The smallest absolute Gasteiger partial charge is 0.184 e. The molecule has 1 fully saturated rings. The van der Waals surface area contributed by atoms with Crippen LogP contribution in [-0.2, 0) is 38.8 Å². The van der Waals surface area contributed by atoms with Gasteiger partial charge in [0.2, 0.25) is 0 Å². The Kier molecular flexibility index (Phi) is 9.25. The first-order valence-electron chi connectivity index (χ1n) is 11.7. The monoisotopic (exact) mass is 480 g/mol. The molecule has 0 amide bonds. The standard InChI is InChI=1S/C28H32O7/c1-31-23-14-12-22(13-15-23)16-32-19-24-25(29)26(33-17-20-8-4-2-5-9-20)27(28(30)35-24)34-18-21-10-6-3-7-11-21/h2-15,24-30H,16-19H2,1H3/t24-,25-,26+,27-,28+/m1/s1. The summed E-state index contributed by atoms with van der Waals surface area (Å²) >= 11 is 0. The fraction of sp³-hybridized carbons (Fsp3) is 0.357. The maximum atomic E-state index is 11.1. The molecule has 1 aliphatic rings. The zero-order chi connectivity index (χ0) is 24.5. The van der Waals surface area contributed by atoms with Gasteiger partial charge in [-0.3, -0.25) is 0 Å². The molecule has 7 nitrogen and oxygen atoms in total. The maximum Gasteiger partial charge on any atom is 0.184 e. The van der Waals surface area contributed by atoms with Gasteiger partial charge in [-0.2, -0.15) is 0 Å². The topological polar surface area (TPSA) is 86.6 Å². The van der Waals surface area contributed by atoms with Gasteiger partial charge in [-0.15, -0.1) is 0 Å². The molecule has 0 saturated carbocycles. The molecule has 5 atom stereocenters. The van der Waals surface area contributed by atoms with Gasteiger partial charge in [-0.05, 0) is 28.8 Å². The highest BCUT2D eigenvalue weighted by atomic mass is 16.7. The maximum absolute atomic E-state index is 11.1. The minimum atomic E-state index is -1.28. The molecular weight excluding hydrogens is 448 g/mol. The van der Waals surface area contributed by atoms with E-state index in [0.29, 0.717) is 6.61 Å². The van der Waals surface area contributed by atoms with Crippen LogP contribution in [0.25, 0.3) is 0 Å². The third kappa shape index (κ3) is 7.11. The summed E-state index contributed by atoms with van der Waals surface area (Å²) in [6, 6.07) is 26.8. The van der Waals surface area contributed by atoms with Crippen LogP contribution in [0.4, 0.5) is 0 Å². The second-order valence-corrected chi connectivity index (χ2v) is 8.44. The Morgan fingerprint density at radius 2 is 1.23 bits per heavy atom. The molecule has 0 bridgehead atoms. The molecule has 0 radical (unpaired) electrons. The van der Waals surface area contributed by atoms with E-state index >= 15 is 0 Å². The normalized spacial score (nSPS) is 24.3. The Balaban J connectivity index is 1.39. The number of benzene rings is 3. The zero-order valence-corrected chi connectivity index (χ0v) is 19.7. The largest absolute Gasteiger partial charge is 0.497 e. The van der Waals surface area contributed by atoms with Crippen molar-refractivity contribution in [3.8, 4) is 5.75 Å². The average molecular weight is 481 g/mol. The Morgan fingerprint density at radius 1 is 0.686 bits per heavy atom. The van der Waals surface area contributed by atoms with Gasteiger partial charge in [-0.1, -0.05) is 72.8 Å². The van der Waals surface area contributed by atoms with Crippen molar-refractivity contribution in [1.29, 1.82) is 0 Å². The molecule has 0 unspecified atom stereocenters. The van der Waals surface area contributed by atoms with E-state index in [2.05, 4.69) is 0 Å². The van der Waals surface area contributed by atoms with Gasteiger partial charge in [0, 0.05) is 0 Å². The Hall–Kier alpha value is -2.78. The van der Waals surface area contributed by atoms with Crippen LogP contribution < -0.4 is 4.74 Å². The highest BCUT2D eigenvalue weighted by Crippen LogP contribution is 2.27. The van der Waals surface area contributed by atoms with Crippen molar-refractivity contribution in [2.75, 3.05) is 13.7 Å². The van der Waals surface area contributed by atoms with E-state index < -0.39 is 30.7 Å². The number of aliphatic hydroxyl groups is 2. The summed E-state index contributed by atoms with van der Waals surface area (Å²) in [5.41, 5.74) is 2.85. The lowest BCUT2D eigenvalue weighted by Gasteiger charge is -2.42. The first-order chi connectivity index (χ1) is 17.1. The molecule has 1 heterocycles. The number of hydrogen-bond acceptors (Lipinski definition) is 7.